The Morgan fingerprint density at radius 2 is 1.63 bits per heavy atom. The topological polar surface area (TPSA) is 150 Å². The summed E-state index contributed by atoms with van der Waals surface area (Å²) in [5.74, 6) is -1.24. The Morgan fingerprint density at radius 3 is 2.30 bits per heavy atom. The molecule has 2 amide bonds. The predicted molar refractivity (Wildman–Crippen MR) is 177 cm³/mol. The van der Waals surface area contributed by atoms with Crippen LogP contribution in [-0.4, -0.2) is 52.4 Å². The number of fused-ring (bicyclic) bond motifs is 1. The number of aromatic amines is 1. The van der Waals surface area contributed by atoms with Crippen molar-refractivity contribution in [2.45, 2.75) is 58.7 Å². The molecule has 4 aromatic rings. The average Bonchev–Trinajstić information content (AvgIpc) is 2.99. The number of pyridine rings is 1. The number of hydrogen-bond donors (Lipinski definition) is 4. The zero-order valence-corrected chi connectivity index (χ0v) is 26.8. The SMILES string of the molecule is Cc1ccc(NC(=O)OC[C@H](C)c2ccc(C(Nc3ccc4cc[nH]c(=O)c4c3)C(=O)O)cc2)cc1CN(C)C(=O)OC(C)(C)C. The molecule has 0 aliphatic rings. The highest BCUT2D eigenvalue weighted by atomic mass is 16.6. The third kappa shape index (κ3) is 8.87. The van der Waals surface area contributed by atoms with Gasteiger partial charge < -0.3 is 29.8 Å². The van der Waals surface area contributed by atoms with Crippen LogP contribution in [0.4, 0.5) is 21.0 Å². The van der Waals surface area contributed by atoms with Gasteiger partial charge in [0.25, 0.3) is 5.56 Å². The second-order valence-electron chi connectivity index (χ2n) is 12.3. The van der Waals surface area contributed by atoms with Gasteiger partial charge in [-0.1, -0.05) is 43.3 Å². The van der Waals surface area contributed by atoms with E-state index in [1.54, 1.807) is 73.9 Å². The molecule has 0 aliphatic heterocycles. The van der Waals surface area contributed by atoms with Crippen LogP contribution in [0, 0.1) is 6.92 Å². The zero-order chi connectivity index (χ0) is 33.6. The molecule has 0 saturated heterocycles. The standard InChI is InChI=1S/C35H40N4O7/c1-21-7-13-27(17-26(21)19-39(6)34(44)46-35(3,4)5)38-33(43)45-20-22(2)23-8-10-25(11-9-23)30(32(41)42)37-28-14-12-24-15-16-36-31(40)29(24)18-28/h7-18,22,30,37H,19-20H2,1-6H3,(H,36,40)(H,38,43)(H,41,42)/t22-,30?/m0/s1. The number of benzene rings is 3. The van der Waals surface area contributed by atoms with Crippen LogP contribution in [0.15, 0.2) is 77.7 Å². The van der Waals surface area contributed by atoms with E-state index in [1.807, 2.05) is 40.7 Å². The van der Waals surface area contributed by atoms with E-state index < -0.39 is 29.8 Å². The number of H-pyrrole nitrogens is 1. The van der Waals surface area contributed by atoms with Crippen molar-refractivity contribution in [1.29, 1.82) is 0 Å². The number of hydrogen-bond acceptors (Lipinski definition) is 7. The maximum absolute atomic E-state index is 12.6. The first-order valence-electron chi connectivity index (χ1n) is 14.9. The van der Waals surface area contributed by atoms with Gasteiger partial charge in [0.05, 0.1) is 6.61 Å². The minimum absolute atomic E-state index is 0.0948. The maximum atomic E-state index is 12.6. The molecule has 11 heteroatoms. The first-order valence-corrected chi connectivity index (χ1v) is 14.9. The van der Waals surface area contributed by atoms with Gasteiger partial charge in [-0.2, -0.15) is 0 Å². The second-order valence-corrected chi connectivity index (χ2v) is 12.3. The number of nitrogens with zero attached hydrogens (tertiary/aromatic N) is 1. The summed E-state index contributed by atoms with van der Waals surface area (Å²) in [4.78, 5) is 53.4. The highest BCUT2D eigenvalue weighted by molar-refractivity contribution is 5.87. The molecular formula is C35H40N4O7. The summed E-state index contributed by atoms with van der Waals surface area (Å²) in [7, 11) is 1.66. The molecule has 1 heterocycles. The van der Waals surface area contributed by atoms with Gasteiger partial charge in [0.15, 0.2) is 6.04 Å². The first-order chi connectivity index (χ1) is 21.7. The molecule has 0 saturated carbocycles. The lowest BCUT2D eigenvalue weighted by molar-refractivity contribution is -0.138. The molecule has 242 valence electrons. The number of carbonyl (C=O) groups excluding carboxylic acids is 2. The number of carboxylic acids is 1. The quantitative estimate of drug-likeness (QED) is 0.150. The first kappa shape index (κ1) is 33.6. The summed E-state index contributed by atoms with van der Waals surface area (Å²) in [6, 6.07) is 18.3. The van der Waals surface area contributed by atoms with Crippen LogP contribution in [0.5, 0.6) is 0 Å². The smallest absolute Gasteiger partial charge is 0.411 e. The number of anilines is 2. The van der Waals surface area contributed by atoms with E-state index in [1.165, 1.54) is 4.90 Å². The van der Waals surface area contributed by atoms with Gasteiger partial charge in [-0.05, 0) is 85.7 Å². The van der Waals surface area contributed by atoms with Crippen LogP contribution in [0.1, 0.15) is 61.9 Å². The van der Waals surface area contributed by atoms with Crippen LogP contribution in [0.25, 0.3) is 10.8 Å². The lowest BCUT2D eigenvalue weighted by Crippen LogP contribution is -2.34. The number of nitrogens with one attached hydrogen (secondary N) is 3. The fraction of sp³-hybridized carbons (Fsp3) is 0.314. The van der Waals surface area contributed by atoms with E-state index in [0.29, 0.717) is 28.9 Å². The van der Waals surface area contributed by atoms with Crippen molar-refractivity contribution < 1.29 is 29.0 Å². The minimum atomic E-state index is -1.07. The van der Waals surface area contributed by atoms with Crippen LogP contribution in [-0.2, 0) is 20.8 Å². The Bertz CT molecular complexity index is 1780. The van der Waals surface area contributed by atoms with Crippen LogP contribution in [0.2, 0.25) is 0 Å². The number of carboxylic acid groups (broad SMARTS) is 1. The summed E-state index contributed by atoms with van der Waals surface area (Å²) in [6.45, 7) is 9.65. The molecule has 4 N–H and O–H groups in total. The lowest BCUT2D eigenvalue weighted by Gasteiger charge is -2.25. The van der Waals surface area contributed by atoms with Gasteiger partial charge >= 0.3 is 18.2 Å². The predicted octanol–water partition coefficient (Wildman–Crippen LogP) is 6.79. The van der Waals surface area contributed by atoms with Crippen molar-refractivity contribution >= 4 is 40.3 Å². The monoisotopic (exact) mass is 628 g/mol. The molecule has 0 aliphatic carbocycles. The van der Waals surface area contributed by atoms with Crippen LogP contribution in [0.3, 0.4) is 0 Å². The molecule has 4 rings (SSSR count). The van der Waals surface area contributed by atoms with E-state index in [9.17, 15) is 24.3 Å². The minimum Gasteiger partial charge on any atom is -0.479 e. The number of amides is 2. The molecule has 1 aromatic heterocycles. The number of carbonyl (C=O) groups is 3. The van der Waals surface area contributed by atoms with Gasteiger partial charge in [0, 0.05) is 42.5 Å². The zero-order valence-electron chi connectivity index (χ0n) is 26.8. The molecular weight excluding hydrogens is 588 g/mol. The number of aryl methyl sites for hydroxylation is 1. The molecule has 2 atom stereocenters. The Kier molecular flexibility index (Phi) is 10.4. The average molecular weight is 629 g/mol. The Morgan fingerprint density at radius 1 is 0.957 bits per heavy atom. The lowest BCUT2D eigenvalue weighted by atomic mass is 9.98. The largest absolute Gasteiger partial charge is 0.479 e. The van der Waals surface area contributed by atoms with Gasteiger partial charge in [-0.25, -0.2) is 14.4 Å². The molecule has 46 heavy (non-hydrogen) atoms. The van der Waals surface area contributed by atoms with Crippen molar-refractivity contribution in [2.75, 3.05) is 24.3 Å². The van der Waals surface area contributed by atoms with Crippen LogP contribution < -0.4 is 16.2 Å². The summed E-state index contributed by atoms with van der Waals surface area (Å²) in [5.41, 5.74) is 3.37. The molecule has 1 unspecified atom stereocenters. The highest BCUT2D eigenvalue weighted by Gasteiger charge is 2.22. The summed E-state index contributed by atoms with van der Waals surface area (Å²) in [6.07, 6.45) is 0.501. The number of rotatable bonds is 10. The number of ether oxygens (including phenoxy) is 2. The van der Waals surface area contributed by atoms with Crippen molar-refractivity contribution in [3.63, 3.8) is 0 Å². The highest BCUT2D eigenvalue weighted by Crippen LogP contribution is 2.25. The van der Waals surface area contributed by atoms with E-state index in [2.05, 4.69) is 15.6 Å². The molecule has 0 bridgehead atoms. The molecule has 0 spiro atoms. The van der Waals surface area contributed by atoms with Crippen molar-refractivity contribution in [3.05, 3.63) is 106 Å². The number of aromatic nitrogens is 1. The molecule has 3 aromatic carbocycles. The van der Waals surface area contributed by atoms with Gasteiger partial charge in [0.1, 0.15) is 5.60 Å². The Hall–Kier alpha value is -5.32. The second kappa shape index (κ2) is 14.2. The van der Waals surface area contributed by atoms with Crippen molar-refractivity contribution in [2.24, 2.45) is 0 Å². The van der Waals surface area contributed by atoms with Gasteiger partial charge in [-0.3, -0.25) is 10.1 Å². The van der Waals surface area contributed by atoms with E-state index in [0.717, 1.165) is 22.1 Å². The van der Waals surface area contributed by atoms with Gasteiger partial charge in [-0.15, -0.1) is 0 Å². The normalized spacial score (nSPS) is 12.6. The van der Waals surface area contributed by atoms with Crippen molar-refractivity contribution in [1.82, 2.24) is 9.88 Å². The third-order valence-electron chi connectivity index (χ3n) is 7.34. The maximum Gasteiger partial charge on any atom is 0.411 e. The summed E-state index contributed by atoms with van der Waals surface area (Å²) < 4.78 is 10.9. The fourth-order valence-electron chi connectivity index (χ4n) is 4.77. The van der Waals surface area contributed by atoms with Crippen LogP contribution >= 0.6 is 0 Å². The Balaban J connectivity index is 1.34. The molecule has 0 fully saturated rings. The fourth-order valence-corrected chi connectivity index (χ4v) is 4.77. The van der Waals surface area contributed by atoms with Crippen molar-refractivity contribution in [3.8, 4) is 0 Å². The van der Waals surface area contributed by atoms with E-state index in [-0.39, 0.29) is 18.1 Å². The third-order valence-corrected chi connectivity index (χ3v) is 7.34. The van der Waals surface area contributed by atoms with Gasteiger partial charge in [0.2, 0.25) is 0 Å². The van der Waals surface area contributed by atoms with E-state index >= 15 is 0 Å². The summed E-state index contributed by atoms with van der Waals surface area (Å²) in [5, 5.41) is 16.9. The Labute approximate surface area is 267 Å². The molecule has 0 radical (unpaired) electrons. The molecule has 11 nitrogen and oxygen atoms in total. The summed E-state index contributed by atoms with van der Waals surface area (Å²) >= 11 is 0. The van der Waals surface area contributed by atoms with E-state index in [4.69, 9.17) is 9.47 Å². The number of aliphatic carboxylic acids is 1.